The number of aromatic amines is 1. The third-order valence-electron chi connectivity index (χ3n) is 4.55. The molecule has 0 aliphatic carbocycles. The number of fused-ring (bicyclic) bond motifs is 1. The van der Waals surface area contributed by atoms with E-state index in [-0.39, 0.29) is 5.91 Å². The minimum atomic E-state index is -0.308. The monoisotopic (exact) mass is 351 g/mol. The SMILES string of the molecule is O=C(CCCCCCNc1cccc(-c2cccc3cc[nH]c23)c1)NO. The van der Waals surface area contributed by atoms with Crippen molar-refractivity contribution in [2.24, 2.45) is 0 Å². The Bertz CT molecular complexity index is 857. The number of unbranched alkanes of at least 4 members (excludes halogenated alkanes) is 3. The van der Waals surface area contributed by atoms with Gasteiger partial charge in [-0.25, -0.2) is 5.48 Å². The van der Waals surface area contributed by atoms with Crippen molar-refractivity contribution in [1.82, 2.24) is 10.5 Å². The third-order valence-corrected chi connectivity index (χ3v) is 4.55. The summed E-state index contributed by atoms with van der Waals surface area (Å²) in [6.07, 6.45) is 6.27. The lowest BCUT2D eigenvalue weighted by molar-refractivity contribution is -0.129. The molecule has 4 N–H and O–H groups in total. The summed E-state index contributed by atoms with van der Waals surface area (Å²) in [4.78, 5) is 14.2. The fourth-order valence-electron chi connectivity index (χ4n) is 3.17. The molecule has 136 valence electrons. The number of H-pyrrole nitrogens is 1. The molecular weight excluding hydrogens is 326 g/mol. The average molecular weight is 351 g/mol. The molecule has 0 atom stereocenters. The minimum Gasteiger partial charge on any atom is -0.385 e. The van der Waals surface area contributed by atoms with Gasteiger partial charge >= 0.3 is 0 Å². The summed E-state index contributed by atoms with van der Waals surface area (Å²) < 4.78 is 0. The molecule has 0 spiro atoms. The Hall–Kier alpha value is -2.79. The second kappa shape index (κ2) is 9.06. The topological polar surface area (TPSA) is 77.2 Å². The Morgan fingerprint density at radius 3 is 2.73 bits per heavy atom. The molecule has 0 fully saturated rings. The molecule has 0 bridgehead atoms. The predicted molar refractivity (Wildman–Crippen MR) is 105 cm³/mol. The second-order valence-electron chi connectivity index (χ2n) is 6.45. The van der Waals surface area contributed by atoms with Crippen molar-refractivity contribution in [3.8, 4) is 11.1 Å². The highest BCUT2D eigenvalue weighted by molar-refractivity contribution is 5.94. The number of carbonyl (C=O) groups is 1. The molecule has 0 saturated carbocycles. The molecule has 3 rings (SSSR count). The Morgan fingerprint density at radius 1 is 1.00 bits per heavy atom. The van der Waals surface area contributed by atoms with Gasteiger partial charge in [0.15, 0.2) is 0 Å². The summed E-state index contributed by atoms with van der Waals surface area (Å²) in [6, 6.07) is 16.9. The first kappa shape index (κ1) is 18.0. The molecule has 0 aliphatic rings. The fourth-order valence-corrected chi connectivity index (χ4v) is 3.17. The molecule has 0 unspecified atom stereocenters. The van der Waals surface area contributed by atoms with Gasteiger partial charge in [0.1, 0.15) is 0 Å². The summed E-state index contributed by atoms with van der Waals surface area (Å²) in [6.45, 7) is 0.905. The van der Waals surface area contributed by atoms with Crippen LogP contribution in [0.15, 0.2) is 54.7 Å². The van der Waals surface area contributed by atoms with Crippen LogP contribution in [0.2, 0.25) is 0 Å². The van der Waals surface area contributed by atoms with Gasteiger partial charge in [0, 0.05) is 30.4 Å². The van der Waals surface area contributed by atoms with Crippen LogP contribution in [0.1, 0.15) is 32.1 Å². The van der Waals surface area contributed by atoms with Crippen molar-refractivity contribution >= 4 is 22.5 Å². The first-order valence-corrected chi connectivity index (χ1v) is 9.11. The van der Waals surface area contributed by atoms with Gasteiger partial charge in [-0.05, 0) is 42.0 Å². The number of amides is 1. The van der Waals surface area contributed by atoms with Crippen LogP contribution in [0.5, 0.6) is 0 Å². The molecule has 1 amide bonds. The molecule has 1 heterocycles. The van der Waals surface area contributed by atoms with E-state index in [9.17, 15) is 4.79 Å². The number of benzene rings is 2. The van der Waals surface area contributed by atoms with E-state index in [1.165, 1.54) is 16.5 Å². The van der Waals surface area contributed by atoms with Crippen molar-refractivity contribution in [2.45, 2.75) is 32.1 Å². The van der Waals surface area contributed by atoms with Crippen molar-refractivity contribution in [2.75, 3.05) is 11.9 Å². The van der Waals surface area contributed by atoms with Crippen LogP contribution in [0.25, 0.3) is 22.0 Å². The summed E-state index contributed by atoms with van der Waals surface area (Å²) in [5, 5.41) is 13.1. The number of aromatic nitrogens is 1. The van der Waals surface area contributed by atoms with Gasteiger partial charge in [-0.3, -0.25) is 10.0 Å². The standard InChI is InChI=1S/C21H25N3O2/c25-20(24-26)11-3-1-2-4-13-22-18-9-5-8-17(15-18)19-10-6-7-16-12-14-23-21(16)19/h5-10,12,14-15,22-23,26H,1-4,11,13H2,(H,24,25). The number of anilines is 1. The number of hydroxylamine groups is 1. The summed E-state index contributed by atoms with van der Waals surface area (Å²) in [7, 11) is 0. The predicted octanol–water partition coefficient (Wildman–Crippen LogP) is 4.70. The van der Waals surface area contributed by atoms with Crippen LogP contribution in [0.3, 0.4) is 0 Å². The van der Waals surface area contributed by atoms with Crippen molar-refractivity contribution in [1.29, 1.82) is 0 Å². The molecule has 5 nitrogen and oxygen atoms in total. The van der Waals surface area contributed by atoms with Gasteiger partial charge in [0.25, 0.3) is 0 Å². The first-order chi connectivity index (χ1) is 12.8. The van der Waals surface area contributed by atoms with Crippen LogP contribution >= 0.6 is 0 Å². The quantitative estimate of drug-likeness (QED) is 0.256. The molecule has 0 aliphatic heterocycles. The van der Waals surface area contributed by atoms with Crippen LogP contribution in [0, 0.1) is 0 Å². The van der Waals surface area contributed by atoms with Gasteiger partial charge < -0.3 is 10.3 Å². The number of carbonyl (C=O) groups excluding carboxylic acids is 1. The van der Waals surface area contributed by atoms with E-state index in [2.05, 4.69) is 58.8 Å². The number of hydrogen-bond acceptors (Lipinski definition) is 3. The molecule has 5 heteroatoms. The van der Waals surface area contributed by atoms with E-state index in [4.69, 9.17) is 5.21 Å². The van der Waals surface area contributed by atoms with E-state index in [0.29, 0.717) is 6.42 Å². The maximum Gasteiger partial charge on any atom is 0.243 e. The number of nitrogens with one attached hydrogen (secondary N) is 3. The molecule has 0 radical (unpaired) electrons. The fraction of sp³-hybridized carbons (Fsp3) is 0.286. The number of rotatable bonds is 9. The highest BCUT2D eigenvalue weighted by atomic mass is 16.5. The lowest BCUT2D eigenvalue weighted by Gasteiger charge is -2.09. The van der Waals surface area contributed by atoms with Crippen molar-refractivity contribution in [3.63, 3.8) is 0 Å². The summed E-state index contributed by atoms with van der Waals surface area (Å²) >= 11 is 0. The molecule has 2 aromatic carbocycles. The van der Waals surface area contributed by atoms with Crippen LogP contribution in [0.4, 0.5) is 5.69 Å². The van der Waals surface area contributed by atoms with Crippen LogP contribution < -0.4 is 10.8 Å². The third kappa shape index (κ3) is 4.64. The van der Waals surface area contributed by atoms with Gasteiger partial charge in [0.05, 0.1) is 5.52 Å². The normalized spacial score (nSPS) is 10.8. The van der Waals surface area contributed by atoms with Crippen LogP contribution in [-0.2, 0) is 4.79 Å². The Balaban J connectivity index is 1.51. The largest absolute Gasteiger partial charge is 0.385 e. The maximum atomic E-state index is 10.9. The zero-order chi connectivity index (χ0) is 18.2. The Labute approximate surface area is 153 Å². The summed E-state index contributed by atoms with van der Waals surface area (Å²) in [5.74, 6) is -0.308. The van der Waals surface area contributed by atoms with Gasteiger partial charge in [-0.15, -0.1) is 0 Å². The number of hydrogen-bond donors (Lipinski definition) is 4. The van der Waals surface area contributed by atoms with E-state index < -0.39 is 0 Å². The average Bonchev–Trinajstić information content (AvgIpc) is 3.16. The van der Waals surface area contributed by atoms with Gasteiger partial charge in [0.2, 0.25) is 5.91 Å². The van der Waals surface area contributed by atoms with E-state index >= 15 is 0 Å². The lowest BCUT2D eigenvalue weighted by Crippen LogP contribution is -2.17. The van der Waals surface area contributed by atoms with E-state index in [1.54, 1.807) is 5.48 Å². The number of para-hydroxylation sites is 1. The highest BCUT2D eigenvalue weighted by Gasteiger charge is 2.05. The zero-order valence-electron chi connectivity index (χ0n) is 14.8. The highest BCUT2D eigenvalue weighted by Crippen LogP contribution is 2.29. The van der Waals surface area contributed by atoms with Crippen molar-refractivity contribution in [3.05, 3.63) is 54.7 Å². The maximum absolute atomic E-state index is 10.9. The molecular formula is C21H25N3O2. The Morgan fingerprint density at radius 2 is 1.85 bits per heavy atom. The van der Waals surface area contributed by atoms with Gasteiger partial charge in [-0.2, -0.15) is 0 Å². The Kier molecular flexibility index (Phi) is 6.28. The van der Waals surface area contributed by atoms with Gasteiger partial charge in [-0.1, -0.05) is 43.2 Å². The molecule has 3 aromatic rings. The van der Waals surface area contributed by atoms with Crippen LogP contribution in [-0.4, -0.2) is 22.6 Å². The minimum absolute atomic E-state index is 0.308. The first-order valence-electron chi connectivity index (χ1n) is 9.11. The molecule has 0 saturated heterocycles. The molecule has 1 aromatic heterocycles. The molecule has 26 heavy (non-hydrogen) atoms. The van der Waals surface area contributed by atoms with Crippen molar-refractivity contribution < 1.29 is 10.0 Å². The van der Waals surface area contributed by atoms with E-state index in [1.807, 2.05) is 6.20 Å². The second-order valence-corrected chi connectivity index (χ2v) is 6.45. The smallest absolute Gasteiger partial charge is 0.243 e. The summed E-state index contributed by atoms with van der Waals surface area (Å²) in [5.41, 5.74) is 6.34. The van der Waals surface area contributed by atoms with E-state index in [0.717, 1.165) is 43.4 Å². The lowest BCUT2D eigenvalue weighted by atomic mass is 10.0. The zero-order valence-corrected chi connectivity index (χ0v) is 14.8.